The van der Waals surface area contributed by atoms with Crippen molar-refractivity contribution in [3.8, 4) is 0 Å². The molecule has 108 valence electrons. The number of carbonyl (C=O) groups is 1. The van der Waals surface area contributed by atoms with E-state index in [4.69, 9.17) is 5.11 Å². The second-order valence-electron chi connectivity index (χ2n) is 5.51. The molecular weight excluding hydrogens is 254 g/mol. The molecule has 2 N–H and O–H groups in total. The van der Waals surface area contributed by atoms with Gasteiger partial charge < -0.3 is 5.11 Å². The standard InChI is InChI=1S/C12H25NO4S/c1-5-10(6-7-11(14)15)8-9-13-18(16,17)12(2,3)4/h10,13H,5-9H2,1-4H3,(H,14,15). The lowest BCUT2D eigenvalue weighted by Crippen LogP contribution is -2.40. The maximum Gasteiger partial charge on any atom is 0.303 e. The van der Waals surface area contributed by atoms with Crippen LogP contribution >= 0.6 is 0 Å². The first-order chi connectivity index (χ1) is 8.10. The van der Waals surface area contributed by atoms with Gasteiger partial charge in [0.25, 0.3) is 0 Å². The van der Waals surface area contributed by atoms with E-state index < -0.39 is 20.7 Å². The van der Waals surface area contributed by atoms with E-state index in [1.807, 2.05) is 6.92 Å². The van der Waals surface area contributed by atoms with Gasteiger partial charge in [0, 0.05) is 13.0 Å². The molecule has 0 rings (SSSR count). The molecule has 1 atom stereocenters. The van der Waals surface area contributed by atoms with Gasteiger partial charge in [-0.25, -0.2) is 13.1 Å². The Morgan fingerprint density at radius 1 is 1.28 bits per heavy atom. The predicted molar refractivity (Wildman–Crippen MR) is 71.9 cm³/mol. The highest BCUT2D eigenvalue weighted by atomic mass is 32.2. The molecule has 0 fully saturated rings. The smallest absolute Gasteiger partial charge is 0.303 e. The topological polar surface area (TPSA) is 83.5 Å². The second kappa shape index (κ2) is 7.09. The average Bonchev–Trinajstić information content (AvgIpc) is 2.20. The molecule has 0 aliphatic rings. The molecule has 0 saturated carbocycles. The Balaban J connectivity index is 4.13. The Bertz CT molecular complexity index is 357. The van der Waals surface area contributed by atoms with Gasteiger partial charge in [-0.3, -0.25) is 4.79 Å². The van der Waals surface area contributed by atoms with Crippen LogP contribution in [0.2, 0.25) is 0 Å². The molecule has 0 bridgehead atoms. The van der Waals surface area contributed by atoms with Gasteiger partial charge in [-0.1, -0.05) is 13.3 Å². The van der Waals surface area contributed by atoms with Gasteiger partial charge in [0.2, 0.25) is 10.0 Å². The molecule has 0 heterocycles. The third-order valence-electron chi connectivity index (χ3n) is 2.99. The van der Waals surface area contributed by atoms with Crippen LogP contribution in [0.3, 0.4) is 0 Å². The number of carboxylic acid groups (broad SMARTS) is 1. The molecule has 0 aromatic rings. The van der Waals surface area contributed by atoms with Gasteiger partial charge in [0.05, 0.1) is 4.75 Å². The van der Waals surface area contributed by atoms with Gasteiger partial charge in [0.1, 0.15) is 0 Å². The molecule has 0 aliphatic heterocycles. The lowest BCUT2D eigenvalue weighted by Gasteiger charge is -2.21. The highest BCUT2D eigenvalue weighted by Crippen LogP contribution is 2.17. The van der Waals surface area contributed by atoms with Crippen LogP contribution in [-0.2, 0) is 14.8 Å². The van der Waals surface area contributed by atoms with Gasteiger partial charge in [-0.15, -0.1) is 0 Å². The number of rotatable bonds is 8. The Morgan fingerprint density at radius 3 is 2.22 bits per heavy atom. The Morgan fingerprint density at radius 2 is 1.83 bits per heavy atom. The van der Waals surface area contributed by atoms with Crippen LogP contribution in [-0.4, -0.2) is 30.8 Å². The molecule has 0 amide bonds. The van der Waals surface area contributed by atoms with Crippen molar-refractivity contribution in [2.24, 2.45) is 5.92 Å². The van der Waals surface area contributed by atoms with E-state index in [2.05, 4.69) is 4.72 Å². The first kappa shape index (κ1) is 17.4. The molecule has 18 heavy (non-hydrogen) atoms. The van der Waals surface area contributed by atoms with Crippen molar-refractivity contribution < 1.29 is 18.3 Å². The molecule has 0 saturated heterocycles. The molecule has 6 heteroatoms. The van der Waals surface area contributed by atoms with Gasteiger partial charge >= 0.3 is 5.97 Å². The summed E-state index contributed by atoms with van der Waals surface area (Å²) in [6.07, 6.45) is 2.29. The maximum atomic E-state index is 11.8. The van der Waals surface area contributed by atoms with Crippen LogP contribution in [0, 0.1) is 5.92 Å². The zero-order chi connectivity index (χ0) is 14.4. The normalized spacial score (nSPS) is 14.4. The molecule has 0 radical (unpaired) electrons. The van der Waals surface area contributed by atoms with Crippen molar-refractivity contribution in [2.75, 3.05) is 6.54 Å². The van der Waals surface area contributed by atoms with E-state index in [9.17, 15) is 13.2 Å². The first-order valence-electron chi connectivity index (χ1n) is 6.31. The van der Waals surface area contributed by atoms with E-state index >= 15 is 0 Å². The average molecular weight is 279 g/mol. The number of carboxylic acids is 1. The quantitative estimate of drug-likeness (QED) is 0.711. The van der Waals surface area contributed by atoms with Gasteiger partial charge in [-0.05, 0) is 39.5 Å². The minimum absolute atomic E-state index is 0.143. The number of hydrogen-bond donors (Lipinski definition) is 2. The van der Waals surface area contributed by atoms with Gasteiger partial charge in [0.15, 0.2) is 0 Å². The Labute approximate surface area is 110 Å². The van der Waals surface area contributed by atoms with Gasteiger partial charge in [-0.2, -0.15) is 0 Å². The van der Waals surface area contributed by atoms with Crippen LogP contribution in [0.1, 0.15) is 53.4 Å². The van der Waals surface area contributed by atoms with Crippen LogP contribution in [0.4, 0.5) is 0 Å². The summed E-state index contributed by atoms with van der Waals surface area (Å²) in [5, 5.41) is 8.61. The highest BCUT2D eigenvalue weighted by Gasteiger charge is 2.28. The third kappa shape index (κ3) is 6.35. The molecule has 5 nitrogen and oxygen atoms in total. The largest absolute Gasteiger partial charge is 0.481 e. The number of sulfonamides is 1. The van der Waals surface area contributed by atoms with Crippen molar-refractivity contribution >= 4 is 16.0 Å². The number of hydrogen-bond acceptors (Lipinski definition) is 3. The summed E-state index contributed by atoms with van der Waals surface area (Å²) in [6, 6.07) is 0. The van der Waals surface area contributed by atoms with Crippen LogP contribution in [0.15, 0.2) is 0 Å². The summed E-state index contributed by atoms with van der Waals surface area (Å²) in [6.45, 7) is 7.31. The van der Waals surface area contributed by atoms with Crippen molar-refractivity contribution in [1.82, 2.24) is 4.72 Å². The lowest BCUT2D eigenvalue weighted by atomic mass is 9.97. The molecular formula is C12H25NO4S. The third-order valence-corrected chi connectivity index (χ3v) is 5.19. The fourth-order valence-corrected chi connectivity index (χ4v) is 2.31. The summed E-state index contributed by atoms with van der Waals surface area (Å²) < 4.78 is 25.3. The second-order valence-corrected chi connectivity index (χ2v) is 8.03. The molecule has 0 aromatic carbocycles. The fourth-order valence-electron chi connectivity index (χ4n) is 1.49. The van der Waals surface area contributed by atoms with Crippen molar-refractivity contribution in [2.45, 2.75) is 58.1 Å². The number of nitrogens with one attached hydrogen (secondary N) is 1. The van der Waals surface area contributed by atoms with Crippen molar-refractivity contribution in [3.05, 3.63) is 0 Å². The van der Waals surface area contributed by atoms with Crippen LogP contribution in [0.5, 0.6) is 0 Å². The summed E-state index contributed by atoms with van der Waals surface area (Å²) in [4.78, 5) is 10.5. The summed E-state index contributed by atoms with van der Waals surface area (Å²) in [7, 11) is -3.30. The summed E-state index contributed by atoms with van der Waals surface area (Å²) in [5.74, 6) is -0.549. The van der Waals surface area contributed by atoms with Crippen LogP contribution < -0.4 is 4.72 Å². The Kier molecular flexibility index (Phi) is 6.84. The van der Waals surface area contributed by atoms with E-state index in [-0.39, 0.29) is 12.3 Å². The summed E-state index contributed by atoms with van der Waals surface area (Å²) in [5.41, 5.74) is 0. The molecule has 0 spiro atoms. The van der Waals surface area contributed by atoms with Crippen molar-refractivity contribution in [3.63, 3.8) is 0 Å². The lowest BCUT2D eigenvalue weighted by molar-refractivity contribution is -0.137. The highest BCUT2D eigenvalue weighted by molar-refractivity contribution is 7.90. The van der Waals surface area contributed by atoms with E-state index in [1.54, 1.807) is 20.8 Å². The maximum absolute atomic E-state index is 11.8. The monoisotopic (exact) mass is 279 g/mol. The van der Waals surface area contributed by atoms with Crippen LogP contribution in [0.25, 0.3) is 0 Å². The molecule has 0 aliphatic carbocycles. The summed E-state index contributed by atoms with van der Waals surface area (Å²) >= 11 is 0. The minimum atomic E-state index is -3.30. The molecule has 0 aromatic heterocycles. The molecule has 1 unspecified atom stereocenters. The first-order valence-corrected chi connectivity index (χ1v) is 7.79. The van der Waals surface area contributed by atoms with E-state index in [0.29, 0.717) is 19.4 Å². The van der Waals surface area contributed by atoms with Crippen molar-refractivity contribution in [1.29, 1.82) is 0 Å². The minimum Gasteiger partial charge on any atom is -0.481 e. The Hall–Kier alpha value is -0.620. The van der Waals surface area contributed by atoms with E-state index in [0.717, 1.165) is 6.42 Å². The fraction of sp³-hybridized carbons (Fsp3) is 0.917. The number of aliphatic carboxylic acids is 1. The SMILES string of the molecule is CCC(CCNS(=O)(=O)C(C)(C)C)CCC(=O)O. The zero-order valence-electron chi connectivity index (χ0n) is 11.7. The zero-order valence-corrected chi connectivity index (χ0v) is 12.5. The van der Waals surface area contributed by atoms with E-state index in [1.165, 1.54) is 0 Å². The predicted octanol–water partition coefficient (Wildman–Crippen LogP) is 1.99.